The van der Waals surface area contributed by atoms with Gasteiger partial charge in [-0.2, -0.15) is 0 Å². The normalized spacial score (nSPS) is 18.9. The van der Waals surface area contributed by atoms with Crippen LogP contribution in [0.15, 0.2) is 36.4 Å². The van der Waals surface area contributed by atoms with Crippen LogP contribution < -0.4 is 10.6 Å². The Kier molecular flexibility index (Phi) is 4.08. The molecule has 0 spiro atoms. The van der Waals surface area contributed by atoms with E-state index in [1.807, 2.05) is 19.1 Å². The second kappa shape index (κ2) is 6.00. The van der Waals surface area contributed by atoms with Crippen molar-refractivity contribution in [1.82, 2.24) is 10.6 Å². The third kappa shape index (κ3) is 3.17. The molecule has 1 aromatic carbocycles. The van der Waals surface area contributed by atoms with E-state index in [1.165, 1.54) is 20.9 Å². The van der Waals surface area contributed by atoms with Gasteiger partial charge in [0.1, 0.15) is 0 Å². The minimum Gasteiger partial charge on any atom is -0.347 e. The highest BCUT2D eigenvalue weighted by Crippen LogP contribution is 2.23. The van der Waals surface area contributed by atoms with Crippen LogP contribution >= 0.6 is 11.3 Å². The van der Waals surface area contributed by atoms with Gasteiger partial charge in [0.2, 0.25) is 5.91 Å². The number of rotatable bonds is 3. The Balaban J connectivity index is 1.64. The summed E-state index contributed by atoms with van der Waals surface area (Å²) in [6, 6.07) is 12.4. The Morgan fingerprint density at radius 2 is 2.05 bits per heavy atom. The van der Waals surface area contributed by atoms with Crippen LogP contribution in [0.3, 0.4) is 0 Å². The Morgan fingerprint density at radius 1 is 1.29 bits per heavy atom. The van der Waals surface area contributed by atoms with Crippen molar-refractivity contribution in [3.05, 3.63) is 57.3 Å². The molecule has 21 heavy (non-hydrogen) atoms. The molecule has 0 saturated heterocycles. The van der Waals surface area contributed by atoms with Gasteiger partial charge in [-0.15, -0.1) is 11.3 Å². The number of benzene rings is 1. The van der Waals surface area contributed by atoms with Gasteiger partial charge in [-0.25, -0.2) is 0 Å². The van der Waals surface area contributed by atoms with Crippen LogP contribution in [0.25, 0.3) is 0 Å². The first-order valence-electron chi connectivity index (χ1n) is 7.30. The number of amides is 1. The average Bonchev–Trinajstić information content (AvgIpc) is 2.93. The molecule has 0 bridgehead atoms. The van der Waals surface area contributed by atoms with Crippen LogP contribution in [0, 0.1) is 6.92 Å². The molecule has 0 radical (unpaired) electrons. The third-order valence-electron chi connectivity index (χ3n) is 3.94. The zero-order valence-corrected chi connectivity index (χ0v) is 13.2. The number of aryl methyl sites for hydroxylation is 1. The summed E-state index contributed by atoms with van der Waals surface area (Å²) < 4.78 is 0. The van der Waals surface area contributed by atoms with Crippen molar-refractivity contribution in [1.29, 1.82) is 0 Å². The topological polar surface area (TPSA) is 41.1 Å². The molecule has 1 aliphatic rings. The van der Waals surface area contributed by atoms with Crippen LogP contribution in [0.4, 0.5) is 0 Å². The van der Waals surface area contributed by atoms with Gasteiger partial charge in [0.05, 0.1) is 12.1 Å². The first-order valence-corrected chi connectivity index (χ1v) is 8.12. The SMILES string of the molecule is Cc1ccc(C(C)NC(=O)[C@@H]2Cc3ccccc3CN2)s1. The Labute approximate surface area is 129 Å². The van der Waals surface area contributed by atoms with Crippen molar-refractivity contribution in [2.75, 3.05) is 0 Å². The summed E-state index contributed by atoms with van der Waals surface area (Å²) in [5, 5.41) is 6.45. The summed E-state index contributed by atoms with van der Waals surface area (Å²) in [5.74, 6) is 0.0862. The molecule has 4 heteroatoms. The first-order chi connectivity index (χ1) is 10.1. The fourth-order valence-electron chi connectivity index (χ4n) is 2.71. The van der Waals surface area contributed by atoms with Gasteiger partial charge in [0.15, 0.2) is 0 Å². The molecule has 2 N–H and O–H groups in total. The molecular formula is C17H20N2OS. The van der Waals surface area contributed by atoms with Gasteiger partial charge >= 0.3 is 0 Å². The van der Waals surface area contributed by atoms with Gasteiger partial charge in [0.25, 0.3) is 0 Å². The Bertz CT molecular complexity index is 650. The molecule has 1 aliphatic heterocycles. The van der Waals surface area contributed by atoms with Crippen molar-refractivity contribution in [2.45, 2.75) is 38.9 Å². The van der Waals surface area contributed by atoms with E-state index in [1.54, 1.807) is 11.3 Å². The molecule has 3 nitrogen and oxygen atoms in total. The van der Waals surface area contributed by atoms with Crippen molar-refractivity contribution in [2.24, 2.45) is 0 Å². The van der Waals surface area contributed by atoms with E-state index in [0.717, 1.165) is 13.0 Å². The molecule has 2 aromatic rings. The zero-order chi connectivity index (χ0) is 14.8. The van der Waals surface area contributed by atoms with E-state index in [2.05, 4.69) is 41.8 Å². The zero-order valence-electron chi connectivity index (χ0n) is 12.3. The number of nitrogens with one attached hydrogen (secondary N) is 2. The van der Waals surface area contributed by atoms with Crippen molar-refractivity contribution in [3.8, 4) is 0 Å². The lowest BCUT2D eigenvalue weighted by atomic mass is 9.95. The number of carbonyl (C=O) groups excluding carboxylic acids is 1. The molecule has 0 aliphatic carbocycles. The second-order valence-corrected chi connectivity index (χ2v) is 6.90. The summed E-state index contributed by atoms with van der Waals surface area (Å²) in [5.41, 5.74) is 2.57. The predicted molar refractivity (Wildman–Crippen MR) is 86.4 cm³/mol. The maximum Gasteiger partial charge on any atom is 0.237 e. The van der Waals surface area contributed by atoms with Gasteiger partial charge < -0.3 is 10.6 Å². The van der Waals surface area contributed by atoms with Crippen LogP contribution in [0.2, 0.25) is 0 Å². The number of thiophene rings is 1. The Morgan fingerprint density at radius 3 is 2.76 bits per heavy atom. The van der Waals surface area contributed by atoms with Crippen LogP contribution in [-0.4, -0.2) is 11.9 Å². The number of hydrogen-bond acceptors (Lipinski definition) is 3. The molecule has 2 heterocycles. The van der Waals surface area contributed by atoms with E-state index >= 15 is 0 Å². The van der Waals surface area contributed by atoms with Crippen LogP contribution in [0.1, 0.15) is 33.8 Å². The molecule has 0 fully saturated rings. The van der Waals surface area contributed by atoms with Crippen molar-refractivity contribution in [3.63, 3.8) is 0 Å². The molecule has 1 unspecified atom stereocenters. The van der Waals surface area contributed by atoms with E-state index < -0.39 is 0 Å². The maximum atomic E-state index is 12.4. The lowest BCUT2D eigenvalue weighted by molar-refractivity contribution is -0.123. The fraction of sp³-hybridized carbons (Fsp3) is 0.353. The third-order valence-corrected chi connectivity index (χ3v) is 5.13. The van der Waals surface area contributed by atoms with Gasteiger partial charge in [-0.1, -0.05) is 24.3 Å². The summed E-state index contributed by atoms with van der Waals surface area (Å²) in [7, 11) is 0. The van der Waals surface area contributed by atoms with Gasteiger partial charge in [-0.05, 0) is 43.5 Å². The highest BCUT2D eigenvalue weighted by molar-refractivity contribution is 7.12. The highest BCUT2D eigenvalue weighted by atomic mass is 32.1. The summed E-state index contributed by atoms with van der Waals surface area (Å²) >= 11 is 1.74. The lowest BCUT2D eigenvalue weighted by Gasteiger charge is -2.26. The molecule has 2 atom stereocenters. The molecule has 1 amide bonds. The molecular weight excluding hydrogens is 280 g/mol. The molecule has 0 saturated carbocycles. The molecule has 1 aromatic heterocycles. The summed E-state index contributed by atoms with van der Waals surface area (Å²) in [6.07, 6.45) is 0.762. The fourth-order valence-corrected chi connectivity index (χ4v) is 3.59. The minimum atomic E-state index is -0.136. The van der Waals surface area contributed by atoms with Crippen molar-refractivity contribution < 1.29 is 4.79 Å². The monoisotopic (exact) mass is 300 g/mol. The van der Waals surface area contributed by atoms with Crippen molar-refractivity contribution >= 4 is 17.2 Å². The lowest BCUT2D eigenvalue weighted by Crippen LogP contribution is -2.48. The minimum absolute atomic E-state index is 0.0650. The van der Waals surface area contributed by atoms with E-state index in [0.29, 0.717) is 0 Å². The smallest absolute Gasteiger partial charge is 0.237 e. The Hall–Kier alpha value is -1.65. The summed E-state index contributed by atoms with van der Waals surface area (Å²) in [4.78, 5) is 14.9. The molecule has 3 rings (SSSR count). The number of carbonyl (C=O) groups is 1. The van der Waals surface area contributed by atoms with Crippen LogP contribution in [0.5, 0.6) is 0 Å². The first kappa shape index (κ1) is 14.3. The molecule has 110 valence electrons. The number of hydrogen-bond donors (Lipinski definition) is 2. The van der Waals surface area contributed by atoms with E-state index in [-0.39, 0.29) is 18.0 Å². The highest BCUT2D eigenvalue weighted by Gasteiger charge is 2.25. The van der Waals surface area contributed by atoms with E-state index in [4.69, 9.17) is 0 Å². The predicted octanol–water partition coefficient (Wildman–Crippen LogP) is 2.95. The second-order valence-electron chi connectivity index (χ2n) is 5.59. The summed E-state index contributed by atoms with van der Waals surface area (Å²) in [6.45, 7) is 4.89. The maximum absolute atomic E-state index is 12.4. The largest absolute Gasteiger partial charge is 0.347 e. The number of fused-ring (bicyclic) bond motifs is 1. The quantitative estimate of drug-likeness (QED) is 0.915. The standard InChI is InChI=1S/C17H20N2OS/c1-11-7-8-16(21-11)12(2)19-17(20)15-9-13-5-3-4-6-14(13)10-18-15/h3-8,12,15,18H,9-10H2,1-2H3,(H,19,20)/t12?,15-/m0/s1. The average molecular weight is 300 g/mol. The van der Waals surface area contributed by atoms with Gasteiger partial charge in [-0.3, -0.25) is 4.79 Å². The van der Waals surface area contributed by atoms with Gasteiger partial charge in [0, 0.05) is 16.3 Å². The van der Waals surface area contributed by atoms with E-state index in [9.17, 15) is 4.79 Å². The van der Waals surface area contributed by atoms with Crippen LogP contribution in [-0.2, 0) is 17.8 Å².